The van der Waals surface area contributed by atoms with Crippen molar-refractivity contribution in [2.24, 2.45) is 11.5 Å². The van der Waals surface area contributed by atoms with Gasteiger partial charge in [0.05, 0.1) is 5.08 Å². The second-order valence-corrected chi connectivity index (χ2v) is 3.53. The molecule has 0 rings (SSSR count). The summed E-state index contributed by atoms with van der Waals surface area (Å²) in [6, 6.07) is 0. The molecule has 0 aromatic carbocycles. The lowest BCUT2D eigenvalue weighted by Crippen LogP contribution is -2.07. The Hall–Kier alpha value is 0.120. The van der Waals surface area contributed by atoms with Crippen LogP contribution in [0.25, 0.3) is 0 Å². The predicted molar refractivity (Wildman–Crippen MR) is 54.2 cm³/mol. The zero-order valence-electron chi connectivity index (χ0n) is 5.09. The Morgan fingerprint density at radius 3 is 1.60 bits per heavy atom. The summed E-state index contributed by atoms with van der Waals surface area (Å²) in [4.78, 5) is 0. The summed E-state index contributed by atoms with van der Waals surface area (Å²) in [5.41, 5.74) is 10.0. The van der Waals surface area contributed by atoms with Crippen LogP contribution in [0.3, 0.4) is 0 Å². The van der Waals surface area contributed by atoms with E-state index < -0.39 is 0 Å². The average molecular weight is 245 g/mol. The van der Waals surface area contributed by atoms with Crippen LogP contribution < -0.4 is 11.5 Å². The van der Waals surface area contributed by atoms with E-state index in [1.807, 2.05) is 0 Å². The van der Waals surface area contributed by atoms with E-state index in [2.05, 4.69) is 0 Å². The minimum absolute atomic E-state index is 0. The van der Waals surface area contributed by atoms with Gasteiger partial charge in [-0.1, -0.05) is 23.5 Å². The number of amidine groups is 2. The first kappa shape index (κ1) is 12.8. The van der Waals surface area contributed by atoms with Crippen molar-refractivity contribution in [1.82, 2.24) is 0 Å². The third-order valence-corrected chi connectivity index (χ3v) is 1.99. The van der Waals surface area contributed by atoms with Gasteiger partial charge in [-0.15, -0.1) is 17.0 Å². The van der Waals surface area contributed by atoms with Crippen LogP contribution in [0.5, 0.6) is 0 Å². The van der Waals surface area contributed by atoms with Crippen LogP contribution in [0.4, 0.5) is 0 Å². The predicted octanol–water partition coefficient (Wildman–Crippen LogP) is 0.775. The molecular weight excluding hydrogens is 236 g/mol. The number of nitrogens with one attached hydrogen (secondary N) is 2. The van der Waals surface area contributed by atoms with Crippen LogP contribution in [0, 0.1) is 10.8 Å². The van der Waals surface area contributed by atoms with Crippen LogP contribution in [0.15, 0.2) is 0 Å². The Labute approximate surface area is 78.3 Å². The molecule has 0 saturated heterocycles. The highest BCUT2D eigenvalue weighted by atomic mass is 79.9. The Bertz CT molecular complexity index is 114. The zero-order valence-corrected chi connectivity index (χ0v) is 8.43. The molecule has 0 aromatic heterocycles. The molecule has 0 amide bonds. The van der Waals surface area contributed by atoms with Gasteiger partial charge in [0.2, 0.25) is 0 Å². The van der Waals surface area contributed by atoms with Gasteiger partial charge < -0.3 is 11.5 Å². The molecule has 10 heavy (non-hydrogen) atoms. The molecule has 0 bridgehead atoms. The number of rotatable bonds is 2. The molecule has 0 fully saturated rings. The maximum atomic E-state index is 6.75. The number of hydrogen-bond donors (Lipinski definition) is 4. The summed E-state index contributed by atoms with van der Waals surface area (Å²) in [5, 5.41) is 14.2. The van der Waals surface area contributed by atoms with Crippen molar-refractivity contribution in [1.29, 1.82) is 10.8 Å². The van der Waals surface area contributed by atoms with Crippen molar-refractivity contribution in [2.45, 2.75) is 0 Å². The monoisotopic (exact) mass is 244 g/mol. The van der Waals surface area contributed by atoms with Crippen molar-refractivity contribution in [3.63, 3.8) is 0 Å². The molecule has 0 atom stereocenters. The van der Waals surface area contributed by atoms with Gasteiger partial charge >= 0.3 is 0 Å². The fraction of sp³-hybridized carbons (Fsp3) is 0.333. The lowest BCUT2D eigenvalue weighted by atomic mass is 11.4. The molecular formula is C3H9BrN4S2. The average Bonchev–Trinajstić information content (AvgIpc) is 1.63. The Morgan fingerprint density at radius 2 is 1.40 bits per heavy atom. The van der Waals surface area contributed by atoms with E-state index in [0.29, 0.717) is 5.08 Å². The van der Waals surface area contributed by atoms with Crippen molar-refractivity contribution in [2.75, 3.05) is 5.08 Å². The van der Waals surface area contributed by atoms with Gasteiger partial charge in [0, 0.05) is 0 Å². The van der Waals surface area contributed by atoms with Crippen LogP contribution in [0.1, 0.15) is 0 Å². The topological polar surface area (TPSA) is 99.7 Å². The highest BCUT2D eigenvalue weighted by Crippen LogP contribution is 2.09. The molecule has 0 aliphatic carbocycles. The summed E-state index contributed by atoms with van der Waals surface area (Å²) < 4.78 is 0. The Morgan fingerprint density at radius 1 is 1.10 bits per heavy atom. The third-order valence-electron chi connectivity index (χ3n) is 0.429. The van der Waals surface area contributed by atoms with Gasteiger partial charge in [-0.3, -0.25) is 10.8 Å². The van der Waals surface area contributed by atoms with Crippen molar-refractivity contribution in [3.05, 3.63) is 0 Å². The highest BCUT2D eigenvalue weighted by molar-refractivity contribution is 8.93. The highest BCUT2D eigenvalue weighted by Gasteiger charge is 1.92. The molecule has 4 nitrogen and oxygen atoms in total. The summed E-state index contributed by atoms with van der Waals surface area (Å²) in [6.45, 7) is 0. The van der Waals surface area contributed by atoms with Gasteiger partial charge in [0.25, 0.3) is 0 Å². The lowest BCUT2D eigenvalue weighted by Gasteiger charge is -1.94. The second-order valence-electron chi connectivity index (χ2n) is 1.14. The van der Waals surface area contributed by atoms with Crippen LogP contribution in [-0.2, 0) is 0 Å². The largest absolute Gasteiger partial charge is 0.379 e. The maximum Gasteiger partial charge on any atom is 0.151 e. The van der Waals surface area contributed by atoms with Crippen molar-refractivity contribution < 1.29 is 0 Å². The van der Waals surface area contributed by atoms with Crippen molar-refractivity contribution in [3.8, 4) is 0 Å². The first-order valence-corrected chi connectivity index (χ1v) is 4.03. The number of halogens is 1. The van der Waals surface area contributed by atoms with Gasteiger partial charge in [-0.25, -0.2) is 0 Å². The van der Waals surface area contributed by atoms with E-state index in [1.54, 1.807) is 0 Å². The minimum Gasteiger partial charge on any atom is -0.379 e. The Kier molecular flexibility index (Phi) is 9.23. The standard InChI is InChI=1S/C3H8N4S2.BrH/c4-2(5)8-1-9-3(6)7;/h1H2,(H3,4,5)(H3,6,7);1H. The number of nitrogens with two attached hydrogens (primary N) is 2. The van der Waals surface area contributed by atoms with E-state index in [0.717, 1.165) is 23.5 Å². The van der Waals surface area contributed by atoms with Crippen LogP contribution in [0.2, 0.25) is 0 Å². The smallest absolute Gasteiger partial charge is 0.151 e. The SMILES string of the molecule is Br.N=C(N)SCSC(=N)N. The van der Waals surface area contributed by atoms with Crippen LogP contribution in [-0.4, -0.2) is 15.4 Å². The second kappa shape index (κ2) is 7.23. The fourth-order valence-corrected chi connectivity index (χ4v) is 1.41. The Balaban J connectivity index is 0. The lowest BCUT2D eigenvalue weighted by molar-refractivity contribution is 1.50. The summed E-state index contributed by atoms with van der Waals surface area (Å²) in [5.74, 6) is 0. The summed E-state index contributed by atoms with van der Waals surface area (Å²) in [6.07, 6.45) is 0. The fourth-order valence-electron chi connectivity index (χ4n) is 0.156. The van der Waals surface area contributed by atoms with Gasteiger partial charge in [-0.05, 0) is 0 Å². The molecule has 6 N–H and O–H groups in total. The molecule has 0 aliphatic heterocycles. The van der Waals surface area contributed by atoms with Gasteiger partial charge in [-0.2, -0.15) is 0 Å². The molecule has 0 spiro atoms. The molecule has 60 valence electrons. The molecule has 7 heteroatoms. The van der Waals surface area contributed by atoms with Gasteiger partial charge in [0.1, 0.15) is 0 Å². The normalized spacial score (nSPS) is 8.00. The molecule has 0 aromatic rings. The summed E-state index contributed by atoms with van der Waals surface area (Å²) >= 11 is 2.33. The summed E-state index contributed by atoms with van der Waals surface area (Å²) in [7, 11) is 0. The van der Waals surface area contributed by atoms with E-state index in [4.69, 9.17) is 22.3 Å². The molecule has 0 radical (unpaired) electrons. The van der Waals surface area contributed by atoms with E-state index in [-0.39, 0.29) is 27.3 Å². The van der Waals surface area contributed by atoms with E-state index in [9.17, 15) is 0 Å². The molecule has 0 aliphatic rings. The van der Waals surface area contributed by atoms with E-state index >= 15 is 0 Å². The molecule has 0 heterocycles. The van der Waals surface area contributed by atoms with Crippen LogP contribution >= 0.6 is 40.5 Å². The molecule has 0 saturated carbocycles. The van der Waals surface area contributed by atoms with Gasteiger partial charge in [0.15, 0.2) is 10.3 Å². The zero-order chi connectivity index (χ0) is 7.28. The van der Waals surface area contributed by atoms with Crippen molar-refractivity contribution >= 4 is 50.8 Å². The number of hydrogen-bond acceptors (Lipinski definition) is 4. The maximum absolute atomic E-state index is 6.75. The third kappa shape index (κ3) is 11.0. The minimum atomic E-state index is 0. The molecule has 0 unspecified atom stereocenters. The van der Waals surface area contributed by atoms with E-state index in [1.165, 1.54) is 0 Å². The first-order chi connectivity index (χ1) is 4.13. The quantitative estimate of drug-likeness (QED) is 0.328. The number of thioether (sulfide) groups is 2. The first-order valence-electron chi connectivity index (χ1n) is 2.06.